The average Bonchev–Trinajstić information content (AvgIpc) is 2.65. The first-order chi connectivity index (χ1) is 12.1. The lowest BCUT2D eigenvalue weighted by atomic mass is 9.93. The summed E-state index contributed by atoms with van der Waals surface area (Å²) in [6, 6.07) is 16.7. The Labute approximate surface area is 151 Å². The van der Waals surface area contributed by atoms with Gasteiger partial charge >= 0.3 is 5.97 Å². The molecule has 0 spiro atoms. The van der Waals surface area contributed by atoms with E-state index in [1.165, 1.54) is 5.56 Å². The number of aliphatic carboxylic acids is 1. The molecule has 0 saturated carbocycles. The fourth-order valence-electron chi connectivity index (χ4n) is 3.14. The number of benzene rings is 2. The van der Waals surface area contributed by atoms with E-state index < -0.39 is 17.9 Å². The molecule has 0 bridgehead atoms. The molecule has 5 heteroatoms. The highest BCUT2D eigenvalue weighted by Gasteiger charge is 2.32. The molecule has 4 nitrogen and oxygen atoms in total. The predicted octanol–water partition coefficient (Wildman–Crippen LogP) is 3.60. The van der Waals surface area contributed by atoms with Gasteiger partial charge in [-0.2, -0.15) is 0 Å². The fourth-order valence-corrected chi connectivity index (χ4v) is 4.34. The van der Waals surface area contributed by atoms with E-state index in [0.29, 0.717) is 0 Å². The second-order valence-corrected chi connectivity index (χ2v) is 7.44. The smallest absolute Gasteiger partial charge is 0.308 e. The Hall–Kier alpha value is -2.27. The third kappa shape index (κ3) is 3.87. The number of thioether (sulfide) groups is 1. The normalized spacial score (nSPS) is 18.7. The average molecular weight is 355 g/mol. The lowest BCUT2D eigenvalue weighted by Gasteiger charge is -2.28. The van der Waals surface area contributed by atoms with Gasteiger partial charge < -0.3 is 10.4 Å². The van der Waals surface area contributed by atoms with Gasteiger partial charge in [-0.25, -0.2) is 0 Å². The molecule has 1 amide bonds. The second-order valence-electron chi connectivity index (χ2n) is 6.22. The van der Waals surface area contributed by atoms with Crippen molar-refractivity contribution in [2.45, 2.75) is 24.6 Å². The molecule has 2 N–H and O–H groups in total. The van der Waals surface area contributed by atoms with E-state index in [4.69, 9.17) is 0 Å². The zero-order valence-electron chi connectivity index (χ0n) is 14.0. The van der Waals surface area contributed by atoms with Gasteiger partial charge in [0.2, 0.25) is 5.91 Å². The van der Waals surface area contributed by atoms with Crippen molar-refractivity contribution in [3.63, 3.8) is 0 Å². The van der Waals surface area contributed by atoms with Gasteiger partial charge in [0.25, 0.3) is 0 Å². The molecule has 0 aliphatic carbocycles. The number of carboxylic acids is 1. The molecule has 0 aromatic heterocycles. The zero-order valence-corrected chi connectivity index (χ0v) is 14.8. The van der Waals surface area contributed by atoms with Crippen molar-refractivity contribution in [3.8, 4) is 0 Å². The van der Waals surface area contributed by atoms with E-state index in [1.54, 1.807) is 18.7 Å². The maximum Gasteiger partial charge on any atom is 0.308 e. The summed E-state index contributed by atoms with van der Waals surface area (Å²) < 4.78 is 0. The number of hydrogen-bond donors (Lipinski definition) is 2. The highest BCUT2D eigenvalue weighted by Crippen LogP contribution is 2.37. The molecule has 1 heterocycles. The van der Waals surface area contributed by atoms with Crippen LogP contribution < -0.4 is 5.32 Å². The number of hydrogen-bond acceptors (Lipinski definition) is 3. The third-order valence-electron chi connectivity index (χ3n) is 4.58. The molecule has 2 aromatic carbocycles. The predicted molar refractivity (Wildman–Crippen MR) is 99.5 cm³/mol. The van der Waals surface area contributed by atoms with E-state index in [2.05, 4.69) is 11.4 Å². The molecule has 0 saturated heterocycles. The molecule has 2 aromatic rings. The van der Waals surface area contributed by atoms with Gasteiger partial charge in [0, 0.05) is 0 Å². The van der Waals surface area contributed by atoms with Crippen LogP contribution in [0, 0.1) is 5.92 Å². The molecular weight excluding hydrogens is 334 g/mol. The summed E-state index contributed by atoms with van der Waals surface area (Å²) in [5.41, 5.74) is 3.04. The van der Waals surface area contributed by atoms with Crippen LogP contribution in [0.1, 0.15) is 34.9 Å². The van der Waals surface area contributed by atoms with Gasteiger partial charge in [-0.05, 0) is 35.8 Å². The van der Waals surface area contributed by atoms with E-state index in [9.17, 15) is 14.7 Å². The van der Waals surface area contributed by atoms with Crippen LogP contribution in [0.15, 0.2) is 54.6 Å². The van der Waals surface area contributed by atoms with Crippen LogP contribution in [0.25, 0.3) is 0 Å². The number of carbonyl (C=O) groups excluding carboxylic acids is 1. The van der Waals surface area contributed by atoms with Gasteiger partial charge in [-0.15, -0.1) is 11.8 Å². The van der Waals surface area contributed by atoms with Crippen LogP contribution in [0.4, 0.5) is 0 Å². The first-order valence-corrected chi connectivity index (χ1v) is 9.40. The minimum atomic E-state index is -0.925. The molecule has 1 aliphatic rings. The van der Waals surface area contributed by atoms with Crippen LogP contribution in [-0.2, 0) is 16.0 Å². The van der Waals surface area contributed by atoms with Gasteiger partial charge in [0.15, 0.2) is 0 Å². The number of fused-ring (bicyclic) bond motifs is 1. The minimum Gasteiger partial charge on any atom is -0.481 e. The van der Waals surface area contributed by atoms with Crippen molar-refractivity contribution < 1.29 is 14.7 Å². The van der Waals surface area contributed by atoms with Crippen molar-refractivity contribution in [2.75, 3.05) is 5.75 Å². The van der Waals surface area contributed by atoms with Gasteiger partial charge in [0.05, 0.1) is 12.0 Å². The van der Waals surface area contributed by atoms with E-state index in [0.717, 1.165) is 23.3 Å². The third-order valence-corrected chi connectivity index (χ3v) is 5.82. The largest absolute Gasteiger partial charge is 0.481 e. The number of amides is 1. The second kappa shape index (κ2) is 7.74. The summed E-state index contributed by atoms with van der Waals surface area (Å²) in [7, 11) is 0. The summed E-state index contributed by atoms with van der Waals surface area (Å²) in [6.07, 6.45) is 0.957. The maximum atomic E-state index is 12.9. The Balaban J connectivity index is 1.85. The summed E-state index contributed by atoms with van der Waals surface area (Å²) in [6.45, 7) is 1.63. The van der Waals surface area contributed by atoms with Crippen molar-refractivity contribution >= 4 is 23.6 Å². The lowest BCUT2D eigenvalue weighted by Crippen LogP contribution is -2.38. The Morgan fingerprint density at radius 3 is 2.52 bits per heavy atom. The molecule has 3 rings (SSSR count). The molecule has 0 fully saturated rings. The molecule has 3 unspecified atom stereocenters. The standard InChI is InChI=1S/C20H21NO3S/c1-13(20(23)24)17(15-8-3-2-4-9-15)21-19(22)18-16-10-6-5-7-14(16)11-12-25-18/h2-10,13,17-18H,11-12H2,1H3,(H,21,22)(H,23,24). The Morgan fingerprint density at radius 1 is 1.12 bits per heavy atom. The molecule has 25 heavy (non-hydrogen) atoms. The van der Waals surface area contributed by atoms with E-state index in [-0.39, 0.29) is 11.2 Å². The first kappa shape index (κ1) is 17.5. The highest BCUT2D eigenvalue weighted by molar-refractivity contribution is 8.00. The number of carbonyl (C=O) groups is 2. The SMILES string of the molecule is CC(C(=O)O)C(NC(=O)C1SCCc2ccccc21)c1ccccc1. The highest BCUT2D eigenvalue weighted by atomic mass is 32.2. The van der Waals surface area contributed by atoms with Crippen molar-refractivity contribution in [1.29, 1.82) is 0 Å². The Kier molecular flexibility index (Phi) is 5.43. The summed E-state index contributed by atoms with van der Waals surface area (Å²) in [4.78, 5) is 24.5. The van der Waals surface area contributed by atoms with Crippen LogP contribution in [0.3, 0.4) is 0 Å². The quantitative estimate of drug-likeness (QED) is 0.860. The van der Waals surface area contributed by atoms with Crippen LogP contribution >= 0.6 is 11.8 Å². The monoisotopic (exact) mass is 355 g/mol. The molecular formula is C20H21NO3S. The number of rotatable bonds is 5. The van der Waals surface area contributed by atoms with Gasteiger partial charge in [-0.3, -0.25) is 9.59 Å². The molecule has 0 radical (unpaired) electrons. The Morgan fingerprint density at radius 2 is 1.80 bits per heavy atom. The summed E-state index contributed by atoms with van der Waals surface area (Å²) in [5.74, 6) is -0.875. The number of nitrogens with one attached hydrogen (secondary N) is 1. The maximum absolute atomic E-state index is 12.9. The van der Waals surface area contributed by atoms with Crippen LogP contribution in [-0.4, -0.2) is 22.7 Å². The molecule has 130 valence electrons. The first-order valence-electron chi connectivity index (χ1n) is 8.35. The van der Waals surface area contributed by atoms with Crippen LogP contribution in [0.5, 0.6) is 0 Å². The Bertz CT molecular complexity index is 763. The van der Waals surface area contributed by atoms with Crippen molar-refractivity contribution in [1.82, 2.24) is 5.32 Å². The van der Waals surface area contributed by atoms with E-state index in [1.807, 2.05) is 48.5 Å². The summed E-state index contributed by atoms with van der Waals surface area (Å²) >= 11 is 1.61. The lowest BCUT2D eigenvalue weighted by molar-refractivity contribution is -0.142. The van der Waals surface area contributed by atoms with Crippen LogP contribution in [0.2, 0.25) is 0 Å². The van der Waals surface area contributed by atoms with Crippen molar-refractivity contribution in [3.05, 3.63) is 71.3 Å². The van der Waals surface area contributed by atoms with Gasteiger partial charge in [0.1, 0.15) is 5.25 Å². The molecule has 3 atom stereocenters. The van der Waals surface area contributed by atoms with E-state index >= 15 is 0 Å². The fraction of sp³-hybridized carbons (Fsp3) is 0.300. The number of aryl methyl sites for hydroxylation is 1. The topological polar surface area (TPSA) is 66.4 Å². The van der Waals surface area contributed by atoms with Gasteiger partial charge in [-0.1, -0.05) is 54.6 Å². The van der Waals surface area contributed by atoms with Crippen molar-refractivity contribution in [2.24, 2.45) is 5.92 Å². The zero-order chi connectivity index (χ0) is 17.8. The molecule has 1 aliphatic heterocycles. The summed E-state index contributed by atoms with van der Waals surface area (Å²) in [5, 5.41) is 12.1. The number of carboxylic acid groups (broad SMARTS) is 1. The minimum absolute atomic E-state index is 0.126.